The molecular weight excluding hydrogens is 593 g/mol. The second-order valence-corrected chi connectivity index (χ2v) is 11.0. The lowest BCUT2D eigenvalue weighted by atomic mass is 10.1. The van der Waals surface area contributed by atoms with Crippen LogP contribution in [0.2, 0.25) is 0 Å². The monoisotopic (exact) mass is 625 g/mol. The third-order valence-electron chi connectivity index (χ3n) is 6.41. The molecule has 3 amide bonds. The summed E-state index contributed by atoms with van der Waals surface area (Å²) >= 11 is 1.33. The molecule has 4 aromatic carbocycles. The molecule has 0 heterocycles. The van der Waals surface area contributed by atoms with Crippen LogP contribution in [0.25, 0.3) is 6.08 Å². The maximum absolute atomic E-state index is 13.5. The minimum atomic E-state index is -0.582. The highest BCUT2D eigenvalue weighted by molar-refractivity contribution is 8.00. The van der Waals surface area contributed by atoms with E-state index in [9.17, 15) is 23.6 Å². The maximum atomic E-state index is 13.5. The van der Waals surface area contributed by atoms with Crippen molar-refractivity contribution in [3.8, 4) is 0 Å². The van der Waals surface area contributed by atoms with Crippen LogP contribution in [0.15, 0.2) is 114 Å². The van der Waals surface area contributed by atoms with Crippen LogP contribution in [-0.4, -0.2) is 35.5 Å². The van der Waals surface area contributed by atoms with Crippen molar-refractivity contribution in [2.75, 3.05) is 17.2 Å². The zero-order chi connectivity index (χ0) is 32.2. The van der Waals surface area contributed by atoms with E-state index in [1.54, 1.807) is 79.7 Å². The van der Waals surface area contributed by atoms with Gasteiger partial charge in [-0.05, 0) is 91.7 Å². The lowest BCUT2D eigenvalue weighted by Gasteiger charge is -2.16. The molecule has 3 N–H and O–H groups in total. The molecule has 0 aromatic heterocycles. The van der Waals surface area contributed by atoms with Gasteiger partial charge in [-0.2, -0.15) is 0 Å². The van der Waals surface area contributed by atoms with E-state index < -0.39 is 28.9 Å². The number of thioether (sulfide) groups is 1. The van der Waals surface area contributed by atoms with Crippen molar-refractivity contribution in [2.24, 2.45) is 0 Å². The molecule has 0 aliphatic rings. The Morgan fingerprint density at radius 2 is 1.51 bits per heavy atom. The zero-order valence-electron chi connectivity index (χ0n) is 24.7. The normalized spacial score (nSPS) is 11.7. The van der Waals surface area contributed by atoms with Crippen molar-refractivity contribution in [1.82, 2.24) is 5.32 Å². The fourth-order valence-corrected chi connectivity index (χ4v) is 5.14. The third kappa shape index (κ3) is 9.64. The summed E-state index contributed by atoms with van der Waals surface area (Å²) in [7, 11) is 0. The molecular formula is C35H32FN3O5S. The number of ether oxygens (including phenoxy) is 1. The van der Waals surface area contributed by atoms with Gasteiger partial charge in [-0.1, -0.05) is 43.3 Å². The van der Waals surface area contributed by atoms with Gasteiger partial charge in [0.1, 0.15) is 11.5 Å². The number of carbonyl (C=O) groups is 4. The minimum absolute atomic E-state index is 0.0340. The summed E-state index contributed by atoms with van der Waals surface area (Å²) in [5.41, 5.74) is 2.25. The highest BCUT2D eigenvalue weighted by Gasteiger charge is 2.20. The number of benzene rings is 4. The summed E-state index contributed by atoms with van der Waals surface area (Å²) in [6.07, 6.45) is 2.00. The number of hydrogen-bond acceptors (Lipinski definition) is 6. The van der Waals surface area contributed by atoms with Gasteiger partial charge in [-0.3, -0.25) is 14.4 Å². The van der Waals surface area contributed by atoms with E-state index in [0.717, 1.165) is 4.90 Å². The fraction of sp³-hybridized carbons (Fsp3) is 0.143. The smallest absolute Gasteiger partial charge is 0.338 e. The second-order valence-electron chi connectivity index (χ2n) is 9.71. The van der Waals surface area contributed by atoms with E-state index in [2.05, 4.69) is 16.0 Å². The molecule has 1 atom stereocenters. The zero-order valence-corrected chi connectivity index (χ0v) is 25.5. The van der Waals surface area contributed by atoms with Gasteiger partial charge in [0.25, 0.3) is 11.8 Å². The van der Waals surface area contributed by atoms with Crippen molar-refractivity contribution in [3.05, 3.63) is 131 Å². The Labute approximate surface area is 265 Å². The minimum Gasteiger partial charge on any atom is -0.462 e. The van der Waals surface area contributed by atoms with Gasteiger partial charge in [-0.25, -0.2) is 9.18 Å². The van der Waals surface area contributed by atoms with Gasteiger partial charge < -0.3 is 20.7 Å². The molecule has 8 nitrogen and oxygen atoms in total. The lowest BCUT2D eigenvalue weighted by Crippen LogP contribution is -2.30. The van der Waals surface area contributed by atoms with E-state index >= 15 is 0 Å². The Balaban J connectivity index is 1.45. The molecule has 0 radical (unpaired) electrons. The number of nitrogens with one attached hydrogen (secondary N) is 3. The molecule has 0 bridgehead atoms. The predicted octanol–water partition coefficient (Wildman–Crippen LogP) is 6.92. The molecule has 230 valence electrons. The van der Waals surface area contributed by atoms with Crippen LogP contribution in [-0.2, 0) is 14.3 Å². The number of esters is 1. The van der Waals surface area contributed by atoms with E-state index in [0.29, 0.717) is 34.5 Å². The van der Waals surface area contributed by atoms with Gasteiger partial charge in [-0.15, -0.1) is 11.8 Å². The molecule has 1 unspecified atom stereocenters. The van der Waals surface area contributed by atoms with Crippen molar-refractivity contribution in [3.63, 3.8) is 0 Å². The van der Waals surface area contributed by atoms with Crippen LogP contribution in [0.5, 0.6) is 0 Å². The van der Waals surface area contributed by atoms with E-state index in [-0.39, 0.29) is 18.2 Å². The largest absolute Gasteiger partial charge is 0.462 e. The number of rotatable bonds is 12. The second kappa shape index (κ2) is 16.0. The molecule has 4 aromatic rings. The Kier molecular flexibility index (Phi) is 11.6. The molecule has 10 heteroatoms. The number of halogens is 1. The van der Waals surface area contributed by atoms with Crippen molar-refractivity contribution >= 4 is 52.9 Å². The number of anilines is 2. The maximum Gasteiger partial charge on any atom is 0.338 e. The quantitative estimate of drug-likeness (QED) is 0.0895. The number of amides is 3. The van der Waals surface area contributed by atoms with Crippen molar-refractivity contribution in [2.45, 2.75) is 30.4 Å². The Bertz CT molecular complexity index is 1680. The molecule has 45 heavy (non-hydrogen) atoms. The SMILES string of the molecule is CCOC(=O)c1ccc(NC(=O)C(CC)Sc2cccc(NC(=O)/C(=C/c3ccc(F)cc3)NC(=O)c3ccccc3)c2)cc1. The molecule has 0 spiro atoms. The highest BCUT2D eigenvalue weighted by Crippen LogP contribution is 2.29. The van der Waals surface area contributed by atoms with Crippen LogP contribution >= 0.6 is 11.8 Å². The summed E-state index contributed by atoms with van der Waals surface area (Å²) < 4.78 is 18.5. The Morgan fingerprint density at radius 3 is 2.18 bits per heavy atom. The molecule has 0 aliphatic heterocycles. The van der Waals surface area contributed by atoms with Gasteiger partial charge in [0.05, 0.1) is 17.4 Å². The first-order valence-corrected chi connectivity index (χ1v) is 15.1. The topological polar surface area (TPSA) is 114 Å². The van der Waals surface area contributed by atoms with Gasteiger partial charge in [0, 0.05) is 21.8 Å². The summed E-state index contributed by atoms with van der Waals surface area (Å²) in [6.45, 7) is 3.90. The first kappa shape index (κ1) is 32.7. The summed E-state index contributed by atoms with van der Waals surface area (Å²) in [6, 6.07) is 27.5. The van der Waals surface area contributed by atoms with Crippen LogP contribution in [0.3, 0.4) is 0 Å². The summed E-state index contributed by atoms with van der Waals surface area (Å²) in [5.74, 6) is -2.13. The molecule has 0 saturated heterocycles. The van der Waals surface area contributed by atoms with E-state index in [4.69, 9.17) is 4.74 Å². The van der Waals surface area contributed by atoms with Gasteiger partial charge in [0.15, 0.2) is 0 Å². The average molecular weight is 626 g/mol. The van der Waals surface area contributed by atoms with Gasteiger partial charge in [0.2, 0.25) is 5.91 Å². The van der Waals surface area contributed by atoms with Gasteiger partial charge >= 0.3 is 5.97 Å². The molecule has 0 saturated carbocycles. The van der Waals surface area contributed by atoms with Crippen LogP contribution in [0, 0.1) is 5.82 Å². The third-order valence-corrected chi connectivity index (χ3v) is 7.76. The Hall–Kier alpha value is -5.22. The fourth-order valence-electron chi connectivity index (χ4n) is 4.13. The van der Waals surface area contributed by atoms with E-state index in [1.165, 1.54) is 42.1 Å². The standard InChI is InChI=1S/C35H32FN3O5S/c1-3-31(34(42)37-27-19-15-25(16-20-27)35(43)44-4-2)45-29-12-8-11-28(22-29)38-33(41)30(21-23-13-17-26(36)18-14-23)39-32(40)24-9-6-5-7-10-24/h5-22,31H,3-4H2,1-2H3,(H,37,42)(H,38,41)(H,39,40)/b30-21-. The van der Waals surface area contributed by atoms with Crippen molar-refractivity contribution in [1.29, 1.82) is 0 Å². The first-order valence-electron chi connectivity index (χ1n) is 14.3. The highest BCUT2D eigenvalue weighted by atomic mass is 32.2. The lowest BCUT2D eigenvalue weighted by molar-refractivity contribution is -0.116. The molecule has 0 aliphatic carbocycles. The number of hydrogen-bond donors (Lipinski definition) is 3. The van der Waals surface area contributed by atoms with E-state index in [1.807, 2.05) is 13.0 Å². The summed E-state index contributed by atoms with van der Waals surface area (Å²) in [4.78, 5) is 52.0. The average Bonchev–Trinajstić information content (AvgIpc) is 3.05. The summed E-state index contributed by atoms with van der Waals surface area (Å²) in [5, 5.41) is 7.90. The predicted molar refractivity (Wildman–Crippen MR) is 174 cm³/mol. The van der Waals surface area contributed by atoms with Crippen LogP contribution < -0.4 is 16.0 Å². The molecule has 0 fully saturated rings. The number of carbonyl (C=O) groups excluding carboxylic acids is 4. The van der Waals surface area contributed by atoms with Crippen molar-refractivity contribution < 1.29 is 28.3 Å². The molecule has 4 rings (SSSR count). The first-order chi connectivity index (χ1) is 21.7. The van der Waals surface area contributed by atoms with Crippen LogP contribution in [0.1, 0.15) is 46.5 Å². The Morgan fingerprint density at radius 1 is 0.800 bits per heavy atom. The van der Waals surface area contributed by atoms with Crippen LogP contribution in [0.4, 0.5) is 15.8 Å².